The highest BCUT2D eigenvalue weighted by atomic mass is 32.1. The molecule has 0 amide bonds. The van der Waals surface area contributed by atoms with Crippen LogP contribution in [0.4, 0.5) is 0 Å². The third-order valence-corrected chi connectivity index (χ3v) is 1.91. The third-order valence-electron chi connectivity index (χ3n) is 1.70. The van der Waals surface area contributed by atoms with Crippen LogP contribution in [0.5, 0.6) is 0 Å². The van der Waals surface area contributed by atoms with Crippen LogP contribution in [0.25, 0.3) is 0 Å². The van der Waals surface area contributed by atoms with Gasteiger partial charge in [0.2, 0.25) is 0 Å². The SMILES string of the molecule is CC/C(=C\C=C/CS)C(C)C. The first-order chi connectivity index (χ1) is 5.22. The Morgan fingerprint density at radius 3 is 2.45 bits per heavy atom. The molecule has 1 heteroatoms. The summed E-state index contributed by atoms with van der Waals surface area (Å²) in [5, 5.41) is 0. The third kappa shape index (κ3) is 5.14. The van der Waals surface area contributed by atoms with E-state index in [9.17, 15) is 0 Å². The maximum Gasteiger partial charge on any atom is 0.00856 e. The highest BCUT2D eigenvalue weighted by molar-refractivity contribution is 7.80. The van der Waals surface area contributed by atoms with Crippen molar-refractivity contribution in [3.05, 3.63) is 23.8 Å². The van der Waals surface area contributed by atoms with Gasteiger partial charge in [-0.15, -0.1) is 0 Å². The van der Waals surface area contributed by atoms with Crippen molar-refractivity contribution in [1.29, 1.82) is 0 Å². The van der Waals surface area contributed by atoms with Crippen LogP contribution in [0, 0.1) is 5.92 Å². The fraction of sp³-hybridized carbons (Fsp3) is 0.600. The molecule has 0 nitrogen and oxygen atoms in total. The summed E-state index contributed by atoms with van der Waals surface area (Å²) in [5.74, 6) is 1.50. The first kappa shape index (κ1) is 10.8. The van der Waals surface area contributed by atoms with E-state index in [1.807, 2.05) is 0 Å². The zero-order chi connectivity index (χ0) is 8.69. The Morgan fingerprint density at radius 2 is 2.09 bits per heavy atom. The summed E-state index contributed by atoms with van der Waals surface area (Å²) in [6, 6.07) is 0. The van der Waals surface area contributed by atoms with E-state index in [4.69, 9.17) is 0 Å². The molecule has 0 aromatic carbocycles. The van der Waals surface area contributed by atoms with Gasteiger partial charge in [-0.05, 0) is 12.3 Å². The Labute approximate surface area is 75.8 Å². The fourth-order valence-corrected chi connectivity index (χ4v) is 1.09. The smallest absolute Gasteiger partial charge is 0.00856 e. The molecule has 0 spiro atoms. The van der Waals surface area contributed by atoms with Gasteiger partial charge in [-0.3, -0.25) is 0 Å². The topological polar surface area (TPSA) is 0 Å². The van der Waals surface area contributed by atoms with Gasteiger partial charge in [-0.2, -0.15) is 12.6 Å². The number of rotatable bonds is 4. The molecular weight excluding hydrogens is 152 g/mol. The molecule has 0 aliphatic heterocycles. The van der Waals surface area contributed by atoms with Crippen molar-refractivity contribution in [2.24, 2.45) is 5.92 Å². The lowest BCUT2D eigenvalue weighted by atomic mass is 10.0. The van der Waals surface area contributed by atoms with Crippen molar-refractivity contribution in [1.82, 2.24) is 0 Å². The summed E-state index contributed by atoms with van der Waals surface area (Å²) in [5.41, 5.74) is 1.50. The predicted molar refractivity (Wildman–Crippen MR) is 56.2 cm³/mol. The molecule has 0 aromatic rings. The van der Waals surface area contributed by atoms with Crippen molar-refractivity contribution in [3.8, 4) is 0 Å². The average molecular weight is 170 g/mol. The van der Waals surface area contributed by atoms with E-state index in [0.29, 0.717) is 5.92 Å². The lowest BCUT2D eigenvalue weighted by molar-refractivity contribution is 0.732. The Bertz CT molecular complexity index is 143. The highest BCUT2D eigenvalue weighted by Gasteiger charge is 1.96. The van der Waals surface area contributed by atoms with E-state index in [0.717, 1.165) is 12.2 Å². The molecule has 0 N–H and O–H groups in total. The minimum absolute atomic E-state index is 0.671. The van der Waals surface area contributed by atoms with Crippen LogP contribution in [0.15, 0.2) is 23.8 Å². The van der Waals surface area contributed by atoms with Crippen LogP contribution < -0.4 is 0 Å². The van der Waals surface area contributed by atoms with Gasteiger partial charge in [-0.25, -0.2) is 0 Å². The molecule has 0 fully saturated rings. The van der Waals surface area contributed by atoms with E-state index in [1.54, 1.807) is 0 Å². The number of hydrogen-bond acceptors (Lipinski definition) is 1. The monoisotopic (exact) mass is 170 g/mol. The van der Waals surface area contributed by atoms with Crippen molar-refractivity contribution < 1.29 is 0 Å². The molecule has 0 aromatic heterocycles. The lowest BCUT2D eigenvalue weighted by Crippen LogP contribution is -1.90. The van der Waals surface area contributed by atoms with Gasteiger partial charge in [0.15, 0.2) is 0 Å². The van der Waals surface area contributed by atoms with Crippen molar-refractivity contribution in [2.45, 2.75) is 27.2 Å². The number of thiol groups is 1. The normalized spacial score (nSPS) is 13.4. The number of allylic oxidation sites excluding steroid dienone is 3. The molecule has 0 heterocycles. The average Bonchev–Trinajstić information content (AvgIpc) is 1.97. The summed E-state index contributed by atoms with van der Waals surface area (Å²) < 4.78 is 0. The van der Waals surface area contributed by atoms with Crippen LogP contribution in [-0.4, -0.2) is 5.75 Å². The second-order valence-electron chi connectivity index (χ2n) is 2.86. The summed E-state index contributed by atoms with van der Waals surface area (Å²) in [6.07, 6.45) is 7.49. The molecule has 0 bridgehead atoms. The Morgan fingerprint density at radius 1 is 1.45 bits per heavy atom. The second kappa shape index (κ2) is 6.53. The van der Waals surface area contributed by atoms with E-state index in [2.05, 4.69) is 51.6 Å². The molecule has 0 aliphatic rings. The molecule has 0 saturated carbocycles. The summed E-state index contributed by atoms with van der Waals surface area (Å²) >= 11 is 4.09. The van der Waals surface area contributed by atoms with Crippen LogP contribution in [0.2, 0.25) is 0 Å². The minimum atomic E-state index is 0.671. The maximum atomic E-state index is 4.09. The summed E-state index contributed by atoms with van der Waals surface area (Å²) in [6.45, 7) is 6.65. The molecule has 64 valence electrons. The van der Waals surface area contributed by atoms with Gasteiger partial charge in [0, 0.05) is 5.75 Å². The Kier molecular flexibility index (Phi) is 6.43. The molecule has 0 rings (SSSR count). The molecule has 0 radical (unpaired) electrons. The molecule has 11 heavy (non-hydrogen) atoms. The predicted octanol–water partition coefficient (Wildman–Crippen LogP) is 3.46. The molecule has 0 aliphatic carbocycles. The van der Waals surface area contributed by atoms with Gasteiger partial charge in [0.25, 0.3) is 0 Å². The van der Waals surface area contributed by atoms with Crippen LogP contribution in [-0.2, 0) is 0 Å². The van der Waals surface area contributed by atoms with Gasteiger partial charge < -0.3 is 0 Å². The van der Waals surface area contributed by atoms with Gasteiger partial charge in [0.05, 0.1) is 0 Å². The summed E-state index contributed by atoms with van der Waals surface area (Å²) in [7, 11) is 0. The largest absolute Gasteiger partial charge is 0.175 e. The minimum Gasteiger partial charge on any atom is -0.175 e. The molecular formula is C10H18S. The number of hydrogen-bond donors (Lipinski definition) is 1. The van der Waals surface area contributed by atoms with Crippen LogP contribution in [0.3, 0.4) is 0 Å². The van der Waals surface area contributed by atoms with E-state index < -0.39 is 0 Å². The lowest BCUT2D eigenvalue weighted by Gasteiger charge is -2.06. The van der Waals surface area contributed by atoms with Crippen molar-refractivity contribution >= 4 is 12.6 Å². The van der Waals surface area contributed by atoms with Crippen LogP contribution >= 0.6 is 12.6 Å². The zero-order valence-electron chi connectivity index (χ0n) is 7.67. The first-order valence-electron chi connectivity index (χ1n) is 4.18. The zero-order valence-corrected chi connectivity index (χ0v) is 8.57. The standard InChI is InChI=1S/C10H18S/c1-4-10(9(2)3)7-5-6-8-11/h5-7,9,11H,4,8H2,1-3H3/b6-5-,10-7+. The van der Waals surface area contributed by atoms with E-state index in [-0.39, 0.29) is 0 Å². The Hall–Kier alpha value is -0.170. The fourth-order valence-electron chi connectivity index (χ4n) is 0.971. The second-order valence-corrected chi connectivity index (χ2v) is 3.23. The van der Waals surface area contributed by atoms with E-state index >= 15 is 0 Å². The quantitative estimate of drug-likeness (QED) is 0.485. The molecule has 0 atom stereocenters. The van der Waals surface area contributed by atoms with Gasteiger partial charge in [0.1, 0.15) is 0 Å². The first-order valence-corrected chi connectivity index (χ1v) is 4.82. The van der Waals surface area contributed by atoms with E-state index in [1.165, 1.54) is 5.57 Å². The van der Waals surface area contributed by atoms with Crippen molar-refractivity contribution in [2.75, 3.05) is 5.75 Å². The maximum absolute atomic E-state index is 4.09. The highest BCUT2D eigenvalue weighted by Crippen LogP contribution is 2.12. The summed E-state index contributed by atoms with van der Waals surface area (Å²) in [4.78, 5) is 0. The van der Waals surface area contributed by atoms with Crippen LogP contribution in [0.1, 0.15) is 27.2 Å². The van der Waals surface area contributed by atoms with Crippen molar-refractivity contribution in [3.63, 3.8) is 0 Å². The molecule has 0 saturated heterocycles. The Balaban J connectivity index is 4.01. The van der Waals surface area contributed by atoms with Gasteiger partial charge in [-0.1, -0.05) is 44.6 Å². The molecule has 0 unspecified atom stereocenters. The van der Waals surface area contributed by atoms with Gasteiger partial charge >= 0.3 is 0 Å².